The number of hydrogen-bond donors (Lipinski definition) is 0. The summed E-state index contributed by atoms with van der Waals surface area (Å²) in [6.45, 7) is 9.58. The molecule has 15 aromatic rings. The first-order valence-electron chi connectivity index (χ1n) is 32.3. The van der Waals surface area contributed by atoms with Gasteiger partial charge in [0, 0.05) is 55.2 Å². The fourth-order valence-corrected chi connectivity index (χ4v) is 16.6. The van der Waals surface area contributed by atoms with E-state index in [0.717, 1.165) is 99.5 Å². The Morgan fingerprint density at radius 2 is 0.804 bits per heavy atom. The molecule has 2 unspecified atom stereocenters. The highest BCUT2D eigenvalue weighted by Gasteiger charge is 2.39. The summed E-state index contributed by atoms with van der Waals surface area (Å²) in [6.07, 6.45) is 8.68. The average molecular weight is 1180 g/mol. The number of hydrogen-bond acceptors (Lipinski definition) is 4. The zero-order valence-electron chi connectivity index (χ0n) is 51.6. The van der Waals surface area contributed by atoms with Gasteiger partial charge in [-0.2, -0.15) is 0 Å². The molecule has 2 heterocycles. The van der Waals surface area contributed by atoms with Crippen molar-refractivity contribution in [1.82, 2.24) is 0 Å². The molecule has 4 nitrogen and oxygen atoms in total. The minimum Gasteiger partial charge on any atom is -0.483 e. The van der Waals surface area contributed by atoms with Crippen molar-refractivity contribution < 1.29 is 9.15 Å². The lowest BCUT2D eigenvalue weighted by molar-refractivity contribution is 0.269. The van der Waals surface area contributed by atoms with Crippen LogP contribution in [0.25, 0.3) is 110 Å². The minimum atomic E-state index is -0.239. The number of ether oxygens (including phenoxy) is 1. The molecular weight excluding hydrogens is 1120 g/mol. The molecule has 14 aromatic carbocycles. The quantitative estimate of drug-likeness (QED) is 0.142. The zero-order valence-corrected chi connectivity index (χ0v) is 51.6. The number of allylic oxidation sites excluding steroid dienone is 2. The van der Waals surface area contributed by atoms with Gasteiger partial charge in [0.25, 0.3) is 0 Å². The van der Waals surface area contributed by atoms with Crippen molar-refractivity contribution in [2.24, 2.45) is 0 Å². The molecule has 0 spiro atoms. The van der Waals surface area contributed by atoms with Gasteiger partial charge in [0.2, 0.25) is 0 Å². The Morgan fingerprint density at radius 1 is 0.337 bits per heavy atom. The van der Waals surface area contributed by atoms with Crippen LogP contribution >= 0.6 is 0 Å². The lowest BCUT2D eigenvalue weighted by atomic mass is 9.79. The fraction of sp³-hybridized carbons (Fsp3) is 0.0909. The summed E-state index contributed by atoms with van der Waals surface area (Å²) in [6, 6.07) is 99.8. The van der Waals surface area contributed by atoms with Crippen molar-refractivity contribution in [2.75, 3.05) is 9.80 Å². The summed E-state index contributed by atoms with van der Waals surface area (Å²) in [5.74, 6) is 1.03. The molecule has 4 heteroatoms. The molecule has 0 N–H and O–H groups in total. The van der Waals surface area contributed by atoms with Crippen LogP contribution in [0, 0.1) is 0 Å². The monoisotopic (exact) mass is 1180 g/mol. The van der Waals surface area contributed by atoms with Crippen molar-refractivity contribution in [3.8, 4) is 50.3 Å². The number of furan rings is 1. The molecule has 0 fully saturated rings. The van der Waals surface area contributed by atoms with Gasteiger partial charge in [-0.1, -0.05) is 246 Å². The van der Waals surface area contributed by atoms with Gasteiger partial charge in [0.15, 0.2) is 5.58 Å². The van der Waals surface area contributed by atoms with Gasteiger partial charge in [0.05, 0.1) is 22.7 Å². The molecule has 92 heavy (non-hydrogen) atoms. The van der Waals surface area contributed by atoms with Gasteiger partial charge in [-0.3, -0.25) is 0 Å². The molecule has 0 bridgehead atoms. The van der Waals surface area contributed by atoms with Crippen molar-refractivity contribution >= 4 is 99.2 Å². The number of anilines is 6. The first-order valence-corrected chi connectivity index (χ1v) is 32.3. The van der Waals surface area contributed by atoms with E-state index in [1.165, 1.54) is 77.7 Å². The van der Waals surface area contributed by atoms with E-state index < -0.39 is 0 Å². The largest absolute Gasteiger partial charge is 0.483 e. The van der Waals surface area contributed by atoms with Crippen LogP contribution in [0.15, 0.2) is 296 Å². The van der Waals surface area contributed by atoms with Crippen LogP contribution in [-0.2, 0) is 10.8 Å². The molecule has 436 valence electrons. The first-order chi connectivity index (χ1) is 45.2. The second-order valence-electron chi connectivity index (χ2n) is 26.6. The summed E-state index contributed by atoms with van der Waals surface area (Å²) in [5.41, 5.74) is 23.9. The van der Waals surface area contributed by atoms with Crippen LogP contribution in [0.1, 0.15) is 61.4 Å². The van der Waals surface area contributed by atoms with Gasteiger partial charge in [-0.05, 0) is 172 Å². The third-order valence-electron chi connectivity index (χ3n) is 20.9. The molecule has 4 aliphatic rings. The molecule has 1 aliphatic heterocycles. The maximum Gasteiger partial charge on any atom is 0.159 e. The van der Waals surface area contributed by atoms with Crippen molar-refractivity contribution in [1.29, 1.82) is 0 Å². The van der Waals surface area contributed by atoms with E-state index in [0.29, 0.717) is 0 Å². The molecule has 0 saturated carbocycles. The molecular formula is C88H62N2O2. The lowest BCUT2D eigenvalue weighted by Crippen LogP contribution is -2.16. The Labute approximate surface area is 534 Å². The predicted molar refractivity (Wildman–Crippen MR) is 385 cm³/mol. The van der Waals surface area contributed by atoms with Crippen LogP contribution in [-0.4, -0.2) is 6.10 Å². The topological polar surface area (TPSA) is 28.9 Å². The second kappa shape index (κ2) is 19.6. The Morgan fingerprint density at radius 3 is 1.42 bits per heavy atom. The highest BCUT2D eigenvalue weighted by Crippen LogP contribution is 2.57. The van der Waals surface area contributed by atoms with Crippen molar-refractivity contribution in [3.63, 3.8) is 0 Å². The molecule has 1 aromatic heterocycles. The third kappa shape index (κ3) is 7.58. The highest BCUT2D eigenvalue weighted by atomic mass is 16.5. The third-order valence-corrected chi connectivity index (χ3v) is 20.9. The van der Waals surface area contributed by atoms with Crippen LogP contribution in [0.4, 0.5) is 34.1 Å². The number of benzene rings is 14. The van der Waals surface area contributed by atoms with Gasteiger partial charge in [0.1, 0.15) is 17.4 Å². The molecule has 0 amide bonds. The fourth-order valence-electron chi connectivity index (χ4n) is 16.6. The Bertz CT molecular complexity index is 5730. The van der Waals surface area contributed by atoms with Crippen LogP contribution in [0.2, 0.25) is 0 Å². The van der Waals surface area contributed by atoms with E-state index in [-0.39, 0.29) is 22.9 Å². The smallest absolute Gasteiger partial charge is 0.159 e. The summed E-state index contributed by atoms with van der Waals surface area (Å²) < 4.78 is 14.1. The number of fused-ring (bicyclic) bond motifs is 16. The maximum absolute atomic E-state index is 7.13. The molecule has 2 atom stereocenters. The number of nitrogens with zero attached hydrogens (tertiary/aromatic N) is 2. The lowest BCUT2D eigenvalue weighted by Gasteiger charge is -2.30. The van der Waals surface area contributed by atoms with E-state index >= 15 is 0 Å². The Balaban J connectivity index is 0.943. The van der Waals surface area contributed by atoms with Crippen LogP contribution in [0.5, 0.6) is 5.75 Å². The maximum atomic E-state index is 7.13. The molecule has 19 rings (SSSR count). The van der Waals surface area contributed by atoms with E-state index in [9.17, 15) is 0 Å². The zero-order chi connectivity index (χ0) is 61.1. The van der Waals surface area contributed by atoms with Gasteiger partial charge in [-0.15, -0.1) is 0 Å². The molecule has 0 radical (unpaired) electrons. The predicted octanol–water partition coefficient (Wildman–Crippen LogP) is 24.1. The van der Waals surface area contributed by atoms with Crippen LogP contribution < -0.4 is 14.5 Å². The number of rotatable bonds is 8. The summed E-state index contributed by atoms with van der Waals surface area (Å²) in [4.78, 5) is 4.92. The minimum absolute atomic E-state index is 0.0870. The van der Waals surface area contributed by atoms with Gasteiger partial charge < -0.3 is 19.0 Å². The Kier molecular flexibility index (Phi) is 11.3. The van der Waals surface area contributed by atoms with Crippen molar-refractivity contribution in [3.05, 3.63) is 319 Å². The first kappa shape index (κ1) is 52.7. The Hall–Kier alpha value is -11.2. The van der Waals surface area contributed by atoms with E-state index in [4.69, 9.17) is 9.15 Å². The van der Waals surface area contributed by atoms with Gasteiger partial charge in [-0.25, -0.2) is 0 Å². The van der Waals surface area contributed by atoms with Crippen molar-refractivity contribution in [2.45, 2.75) is 50.5 Å². The summed E-state index contributed by atoms with van der Waals surface area (Å²) >= 11 is 0. The number of para-hydroxylation sites is 3. The summed E-state index contributed by atoms with van der Waals surface area (Å²) in [5, 5.41) is 11.4. The standard InChI is InChI=1S/C88H62N2O2/c1-87(2)73-33-13-9-27-61(73)63-45-41-55(49-75(63)87)83-67-47-43-58(90(78-36-18-24-54-22-6-8-26-60(54)78)80-38-20-32-70-66-30-12-16-40-82(66)92-86(70)80)52-72(67)84(56-42-46-64-62-28-10-14-34-74(62)88(3,4)76(64)50-56)68-48-44-57(51-71(68)83)89(77-35-17-23-53-21-5-7-25-59(53)77)79-37-19-31-69-65-29-11-15-39-81(65)91-85(69)79/h5-52,65,81H,1-4H3. The summed E-state index contributed by atoms with van der Waals surface area (Å²) in [7, 11) is 0. The van der Waals surface area contributed by atoms with E-state index in [1.807, 2.05) is 0 Å². The van der Waals surface area contributed by atoms with Crippen LogP contribution in [0.3, 0.4) is 0 Å². The van der Waals surface area contributed by atoms with E-state index in [1.54, 1.807) is 0 Å². The van der Waals surface area contributed by atoms with E-state index in [2.05, 4.69) is 329 Å². The SMILES string of the molecule is CC1(C)c2ccccc2-c2ccc(-c3c4ccc(N(c5cccc6ccccc56)c5cccc6c5oc5ccccc56)cc4c(-c4ccc5c(c4)C(C)(C)c4ccccc4-5)c4ccc(N(c5cccc6c5OC5C=CC=CC65)c5cccc6ccccc56)cc34)cc21. The normalized spacial score (nSPS) is 16.0. The highest BCUT2D eigenvalue weighted by molar-refractivity contribution is 6.24. The van der Waals surface area contributed by atoms with Gasteiger partial charge >= 0.3 is 0 Å². The molecule has 3 aliphatic carbocycles. The second-order valence-corrected chi connectivity index (χ2v) is 26.6. The average Bonchev–Trinajstić information content (AvgIpc) is 0.991. The molecule has 0 saturated heterocycles.